The fraction of sp³-hybridized carbons (Fsp3) is 1.00. The second kappa shape index (κ2) is 4.88. The van der Waals surface area contributed by atoms with Gasteiger partial charge in [-0.1, -0.05) is 19.8 Å². The second-order valence-corrected chi connectivity index (χ2v) is 9.03. The molecule has 0 unspecified atom stereocenters. The second-order valence-electron chi connectivity index (χ2n) is 6.62. The van der Waals surface area contributed by atoms with E-state index in [-0.39, 0.29) is 5.54 Å². The highest BCUT2D eigenvalue weighted by Gasteiger charge is 2.51. The first-order valence-electron chi connectivity index (χ1n) is 6.54. The summed E-state index contributed by atoms with van der Waals surface area (Å²) in [5, 5.41) is 3.35. The van der Waals surface area contributed by atoms with Crippen LogP contribution in [0.5, 0.6) is 0 Å². The Morgan fingerprint density at radius 3 is 2.18 bits per heavy atom. The van der Waals surface area contributed by atoms with E-state index in [2.05, 4.69) is 33.0 Å². The zero-order valence-electron chi connectivity index (χ0n) is 11.8. The number of sulfone groups is 1. The molecule has 1 fully saturated rings. The molecule has 0 bridgehead atoms. The summed E-state index contributed by atoms with van der Waals surface area (Å²) < 4.78 is 23.4. The maximum atomic E-state index is 12.0. The molecule has 0 spiro atoms. The van der Waals surface area contributed by atoms with E-state index in [1.807, 2.05) is 0 Å². The minimum Gasteiger partial charge on any atom is -0.310 e. The lowest BCUT2D eigenvalue weighted by atomic mass is 9.71. The average Bonchev–Trinajstić information content (AvgIpc) is 2.04. The standard InChI is InChI=1S/C13H27NO2S/c1-6-7-11-8-13(9-11,17(5,15)16)10-14-12(2,3)4/h11,14H,6-10H2,1-5H3. The first-order valence-corrected chi connectivity index (χ1v) is 8.43. The van der Waals surface area contributed by atoms with Crippen LogP contribution in [0.3, 0.4) is 0 Å². The van der Waals surface area contributed by atoms with Gasteiger partial charge in [0.1, 0.15) is 0 Å². The summed E-state index contributed by atoms with van der Waals surface area (Å²) in [5.41, 5.74) is -0.0203. The quantitative estimate of drug-likeness (QED) is 0.826. The third kappa shape index (κ3) is 3.68. The largest absolute Gasteiger partial charge is 0.310 e. The molecule has 0 aromatic heterocycles. The number of rotatable bonds is 5. The fourth-order valence-electron chi connectivity index (χ4n) is 2.61. The van der Waals surface area contributed by atoms with Crippen LogP contribution >= 0.6 is 0 Å². The molecule has 17 heavy (non-hydrogen) atoms. The molecular formula is C13H27NO2S. The van der Waals surface area contributed by atoms with Gasteiger partial charge >= 0.3 is 0 Å². The summed E-state index contributed by atoms with van der Waals surface area (Å²) in [6, 6.07) is 0. The van der Waals surface area contributed by atoms with Gasteiger partial charge < -0.3 is 5.32 Å². The van der Waals surface area contributed by atoms with Crippen molar-refractivity contribution in [2.75, 3.05) is 12.8 Å². The van der Waals surface area contributed by atoms with Crippen molar-refractivity contribution in [2.45, 2.75) is 63.7 Å². The van der Waals surface area contributed by atoms with Crippen LogP contribution in [0.4, 0.5) is 0 Å². The topological polar surface area (TPSA) is 46.2 Å². The van der Waals surface area contributed by atoms with Gasteiger partial charge in [0.05, 0.1) is 4.75 Å². The first kappa shape index (κ1) is 15.0. The minimum atomic E-state index is -2.96. The number of hydrogen-bond acceptors (Lipinski definition) is 3. The molecule has 0 atom stereocenters. The van der Waals surface area contributed by atoms with E-state index in [0.29, 0.717) is 12.5 Å². The van der Waals surface area contributed by atoms with Crippen molar-refractivity contribution < 1.29 is 8.42 Å². The van der Waals surface area contributed by atoms with Gasteiger partial charge in [-0.2, -0.15) is 0 Å². The van der Waals surface area contributed by atoms with Gasteiger partial charge in [0, 0.05) is 18.3 Å². The highest BCUT2D eigenvalue weighted by atomic mass is 32.2. The SMILES string of the molecule is CCCC1CC(CNC(C)(C)C)(S(C)(=O)=O)C1. The van der Waals surface area contributed by atoms with Gasteiger partial charge in [-0.3, -0.25) is 0 Å². The monoisotopic (exact) mass is 261 g/mol. The Morgan fingerprint density at radius 2 is 1.82 bits per heavy atom. The van der Waals surface area contributed by atoms with Gasteiger partial charge in [0.25, 0.3) is 0 Å². The smallest absolute Gasteiger partial charge is 0.154 e. The molecule has 102 valence electrons. The van der Waals surface area contributed by atoms with Crippen molar-refractivity contribution in [3.8, 4) is 0 Å². The Kier molecular flexibility index (Phi) is 4.30. The van der Waals surface area contributed by atoms with E-state index >= 15 is 0 Å². The van der Waals surface area contributed by atoms with Gasteiger partial charge in [0.2, 0.25) is 0 Å². The van der Waals surface area contributed by atoms with Crippen LogP contribution in [0.25, 0.3) is 0 Å². The van der Waals surface area contributed by atoms with Crippen LogP contribution in [-0.2, 0) is 9.84 Å². The Morgan fingerprint density at radius 1 is 1.29 bits per heavy atom. The molecule has 0 aliphatic heterocycles. The lowest BCUT2D eigenvalue weighted by molar-refractivity contribution is 0.188. The molecule has 0 radical (unpaired) electrons. The van der Waals surface area contributed by atoms with E-state index in [1.165, 1.54) is 6.26 Å². The predicted octanol–water partition coefficient (Wildman–Crippen LogP) is 2.37. The van der Waals surface area contributed by atoms with Crippen LogP contribution in [0.15, 0.2) is 0 Å². The molecule has 1 saturated carbocycles. The summed E-state index contributed by atoms with van der Waals surface area (Å²) in [7, 11) is -2.96. The van der Waals surface area contributed by atoms with Crippen LogP contribution in [0, 0.1) is 5.92 Å². The average molecular weight is 261 g/mol. The lowest BCUT2D eigenvalue weighted by Crippen LogP contribution is -2.58. The zero-order valence-corrected chi connectivity index (χ0v) is 12.7. The van der Waals surface area contributed by atoms with Gasteiger partial charge in [0.15, 0.2) is 9.84 Å². The van der Waals surface area contributed by atoms with Gasteiger partial charge in [-0.05, 0) is 39.5 Å². The normalized spacial score (nSPS) is 30.1. The summed E-state index contributed by atoms with van der Waals surface area (Å²) >= 11 is 0. The Balaban J connectivity index is 2.66. The fourth-order valence-corrected chi connectivity index (χ4v) is 4.02. The molecule has 1 N–H and O–H groups in total. The molecule has 1 aliphatic rings. The van der Waals surface area contributed by atoms with E-state index < -0.39 is 14.6 Å². The summed E-state index contributed by atoms with van der Waals surface area (Å²) in [5.74, 6) is 0.608. The molecule has 0 heterocycles. The van der Waals surface area contributed by atoms with Crippen molar-refractivity contribution in [3.63, 3.8) is 0 Å². The van der Waals surface area contributed by atoms with Crippen LogP contribution < -0.4 is 5.32 Å². The van der Waals surface area contributed by atoms with Crippen molar-refractivity contribution in [1.82, 2.24) is 5.32 Å². The molecular weight excluding hydrogens is 234 g/mol. The third-order valence-electron chi connectivity index (χ3n) is 3.75. The molecule has 1 aliphatic carbocycles. The zero-order chi connectivity index (χ0) is 13.3. The summed E-state index contributed by atoms with van der Waals surface area (Å²) in [4.78, 5) is 0. The molecule has 1 rings (SSSR count). The molecule has 0 saturated heterocycles. The Labute approximate surface area is 106 Å². The first-order chi connectivity index (χ1) is 7.60. The van der Waals surface area contributed by atoms with Crippen molar-refractivity contribution in [3.05, 3.63) is 0 Å². The van der Waals surface area contributed by atoms with E-state index in [0.717, 1.165) is 25.7 Å². The van der Waals surface area contributed by atoms with E-state index in [1.54, 1.807) is 0 Å². The predicted molar refractivity (Wildman–Crippen MR) is 73.0 cm³/mol. The molecule has 0 amide bonds. The molecule has 0 aromatic rings. The summed E-state index contributed by atoms with van der Waals surface area (Å²) in [6.07, 6.45) is 5.37. The Hall–Kier alpha value is -0.0900. The molecule has 0 aromatic carbocycles. The minimum absolute atomic E-state index is 0.0203. The van der Waals surface area contributed by atoms with Crippen LogP contribution in [0.1, 0.15) is 53.4 Å². The maximum absolute atomic E-state index is 12.0. The number of hydrogen-bond donors (Lipinski definition) is 1. The van der Waals surface area contributed by atoms with Crippen molar-refractivity contribution in [2.24, 2.45) is 5.92 Å². The molecule has 4 heteroatoms. The number of nitrogens with one attached hydrogen (secondary N) is 1. The van der Waals surface area contributed by atoms with Crippen LogP contribution in [0.2, 0.25) is 0 Å². The van der Waals surface area contributed by atoms with Crippen molar-refractivity contribution >= 4 is 9.84 Å². The lowest BCUT2D eigenvalue weighted by Gasteiger charge is -2.47. The van der Waals surface area contributed by atoms with Crippen molar-refractivity contribution in [1.29, 1.82) is 0 Å². The molecule has 3 nitrogen and oxygen atoms in total. The highest BCUT2D eigenvalue weighted by Crippen LogP contribution is 2.45. The van der Waals surface area contributed by atoms with E-state index in [9.17, 15) is 8.42 Å². The maximum Gasteiger partial charge on any atom is 0.154 e. The van der Waals surface area contributed by atoms with Crippen LogP contribution in [-0.4, -0.2) is 31.5 Å². The van der Waals surface area contributed by atoms with E-state index in [4.69, 9.17) is 0 Å². The third-order valence-corrected chi connectivity index (χ3v) is 5.80. The highest BCUT2D eigenvalue weighted by molar-refractivity contribution is 7.92. The summed E-state index contributed by atoms with van der Waals surface area (Å²) in [6.45, 7) is 8.98. The van der Waals surface area contributed by atoms with Gasteiger partial charge in [-0.15, -0.1) is 0 Å². The van der Waals surface area contributed by atoms with Gasteiger partial charge in [-0.25, -0.2) is 8.42 Å². The Bertz CT molecular complexity index is 348.